The maximum Gasteiger partial charge on any atom is 0.264 e. The molecular weight excluding hydrogens is 182 g/mol. The summed E-state index contributed by atoms with van der Waals surface area (Å²) in [4.78, 5) is 7.75. The van der Waals surface area contributed by atoms with E-state index < -0.39 is 0 Å². The smallest absolute Gasteiger partial charge is 0.264 e. The third-order valence-electron chi connectivity index (χ3n) is 1.57. The van der Waals surface area contributed by atoms with Gasteiger partial charge >= 0.3 is 0 Å². The highest BCUT2D eigenvalue weighted by molar-refractivity contribution is 5.40. The number of H-pyrrole nitrogens is 1. The average molecular weight is 191 g/mol. The number of hydrogen-bond acceptors (Lipinski definition) is 5. The molecule has 2 aromatic rings. The lowest BCUT2D eigenvalue weighted by Gasteiger charge is -2.01. The van der Waals surface area contributed by atoms with E-state index >= 15 is 0 Å². The molecule has 2 heterocycles. The first-order valence-electron chi connectivity index (χ1n) is 4.02. The number of nitrogens with zero attached hydrogens (tertiary/aromatic N) is 3. The molecular formula is C8H9N5O. The van der Waals surface area contributed by atoms with Crippen LogP contribution in [0.1, 0.15) is 5.69 Å². The molecule has 0 aliphatic heterocycles. The highest BCUT2D eigenvalue weighted by atomic mass is 16.5. The van der Waals surface area contributed by atoms with Gasteiger partial charge in [0.1, 0.15) is 0 Å². The summed E-state index contributed by atoms with van der Waals surface area (Å²) < 4.78 is 5.29. The monoisotopic (exact) mass is 191 g/mol. The van der Waals surface area contributed by atoms with E-state index in [9.17, 15) is 0 Å². The molecule has 0 saturated heterocycles. The minimum absolute atomic E-state index is 0.244. The highest BCUT2D eigenvalue weighted by Crippen LogP contribution is 2.20. The van der Waals surface area contributed by atoms with Crippen molar-refractivity contribution >= 4 is 5.82 Å². The topological polar surface area (TPSA) is 89.7 Å². The minimum atomic E-state index is 0.244. The van der Waals surface area contributed by atoms with Crippen LogP contribution in [0.15, 0.2) is 18.5 Å². The Morgan fingerprint density at radius 1 is 1.36 bits per heavy atom. The number of nitrogen functional groups attached to an aromatic ring is 1. The fourth-order valence-electron chi connectivity index (χ4n) is 0.959. The van der Waals surface area contributed by atoms with Gasteiger partial charge in [-0.05, 0) is 6.92 Å². The number of ether oxygens (including phenoxy) is 1. The van der Waals surface area contributed by atoms with E-state index in [1.54, 1.807) is 6.07 Å². The zero-order valence-electron chi connectivity index (χ0n) is 7.56. The zero-order chi connectivity index (χ0) is 9.97. The Bertz CT molecular complexity index is 439. The molecule has 0 aliphatic rings. The number of nitrogens with one attached hydrogen (secondary N) is 1. The summed E-state index contributed by atoms with van der Waals surface area (Å²) in [5.74, 6) is 0.932. The summed E-state index contributed by atoms with van der Waals surface area (Å²) in [6.07, 6.45) is 3.00. The summed E-state index contributed by atoms with van der Waals surface area (Å²) >= 11 is 0. The fraction of sp³-hybridized carbons (Fsp3) is 0.125. The SMILES string of the molecule is Cc1cc(Oc2nccnc2N)n[nH]1. The lowest BCUT2D eigenvalue weighted by Crippen LogP contribution is -1.97. The molecule has 0 spiro atoms. The van der Waals surface area contributed by atoms with Crippen LogP contribution in [0.25, 0.3) is 0 Å². The second-order valence-electron chi connectivity index (χ2n) is 2.74. The van der Waals surface area contributed by atoms with Crippen molar-refractivity contribution in [1.29, 1.82) is 0 Å². The number of anilines is 1. The normalized spacial score (nSPS) is 10.1. The number of aryl methyl sites for hydroxylation is 1. The average Bonchev–Trinajstić information content (AvgIpc) is 2.56. The predicted octanol–water partition coefficient (Wildman–Crippen LogP) is 0.883. The molecule has 0 radical (unpaired) electrons. The van der Waals surface area contributed by atoms with Gasteiger partial charge in [-0.25, -0.2) is 9.97 Å². The van der Waals surface area contributed by atoms with Crippen molar-refractivity contribution in [1.82, 2.24) is 20.2 Å². The molecule has 0 fully saturated rings. The molecule has 0 amide bonds. The molecule has 6 heteroatoms. The van der Waals surface area contributed by atoms with Gasteiger partial charge in [-0.1, -0.05) is 0 Å². The van der Waals surface area contributed by atoms with E-state index in [-0.39, 0.29) is 11.7 Å². The quantitative estimate of drug-likeness (QED) is 0.735. The van der Waals surface area contributed by atoms with Crippen LogP contribution in [0, 0.1) is 6.92 Å². The van der Waals surface area contributed by atoms with E-state index in [1.165, 1.54) is 12.4 Å². The van der Waals surface area contributed by atoms with Gasteiger partial charge in [-0.3, -0.25) is 5.10 Å². The first kappa shape index (κ1) is 8.49. The van der Waals surface area contributed by atoms with Crippen molar-refractivity contribution in [3.63, 3.8) is 0 Å². The van der Waals surface area contributed by atoms with E-state index in [0.717, 1.165) is 5.69 Å². The van der Waals surface area contributed by atoms with Crippen LogP contribution in [-0.2, 0) is 0 Å². The first-order valence-corrected chi connectivity index (χ1v) is 4.02. The van der Waals surface area contributed by atoms with Crippen LogP contribution in [-0.4, -0.2) is 20.2 Å². The van der Waals surface area contributed by atoms with Crippen LogP contribution in [0.2, 0.25) is 0 Å². The van der Waals surface area contributed by atoms with Gasteiger partial charge < -0.3 is 10.5 Å². The number of rotatable bonds is 2. The largest absolute Gasteiger partial charge is 0.415 e. The van der Waals surface area contributed by atoms with Crippen molar-refractivity contribution in [2.24, 2.45) is 0 Å². The Morgan fingerprint density at radius 2 is 2.14 bits per heavy atom. The van der Waals surface area contributed by atoms with Gasteiger partial charge in [0.25, 0.3) is 5.88 Å². The van der Waals surface area contributed by atoms with Gasteiger partial charge in [0, 0.05) is 24.2 Å². The number of hydrogen-bond donors (Lipinski definition) is 2. The van der Waals surface area contributed by atoms with Gasteiger partial charge in [-0.2, -0.15) is 0 Å². The van der Waals surface area contributed by atoms with Crippen molar-refractivity contribution in [3.05, 3.63) is 24.2 Å². The van der Waals surface area contributed by atoms with Gasteiger partial charge in [0.2, 0.25) is 5.88 Å². The van der Waals surface area contributed by atoms with Crippen LogP contribution in [0.4, 0.5) is 5.82 Å². The third kappa shape index (κ3) is 1.63. The Kier molecular flexibility index (Phi) is 2.02. The lowest BCUT2D eigenvalue weighted by molar-refractivity contribution is 0.444. The molecule has 0 unspecified atom stereocenters. The van der Waals surface area contributed by atoms with Gasteiger partial charge in [0.15, 0.2) is 5.82 Å². The molecule has 3 N–H and O–H groups in total. The third-order valence-corrected chi connectivity index (χ3v) is 1.57. The van der Waals surface area contributed by atoms with Crippen LogP contribution in [0.5, 0.6) is 11.8 Å². The van der Waals surface area contributed by atoms with Crippen LogP contribution >= 0.6 is 0 Å². The minimum Gasteiger partial charge on any atom is -0.415 e. The lowest BCUT2D eigenvalue weighted by atomic mass is 10.5. The van der Waals surface area contributed by atoms with E-state index in [0.29, 0.717) is 5.88 Å². The van der Waals surface area contributed by atoms with Crippen molar-refractivity contribution < 1.29 is 4.74 Å². The molecule has 0 saturated carbocycles. The van der Waals surface area contributed by atoms with Crippen molar-refractivity contribution in [2.45, 2.75) is 6.92 Å². The molecule has 72 valence electrons. The Labute approximate surface area is 80.1 Å². The maximum atomic E-state index is 5.54. The second-order valence-corrected chi connectivity index (χ2v) is 2.74. The number of aromatic amines is 1. The molecule has 0 aliphatic carbocycles. The molecule has 2 rings (SSSR count). The second kappa shape index (κ2) is 3.33. The Hall–Kier alpha value is -2.11. The standard InChI is InChI=1S/C8H9N5O/c1-5-4-6(13-12-5)14-8-7(9)10-2-3-11-8/h2-4H,1H3,(H2,9,10)(H,12,13). The van der Waals surface area contributed by atoms with E-state index in [2.05, 4.69) is 20.2 Å². The summed E-state index contributed by atoms with van der Waals surface area (Å²) in [7, 11) is 0. The predicted molar refractivity (Wildman–Crippen MR) is 49.8 cm³/mol. The van der Waals surface area contributed by atoms with E-state index in [1.807, 2.05) is 6.92 Å². The molecule has 0 atom stereocenters. The number of nitrogens with two attached hydrogens (primary N) is 1. The molecule has 6 nitrogen and oxygen atoms in total. The summed E-state index contributed by atoms with van der Waals surface area (Å²) in [6, 6.07) is 1.74. The van der Waals surface area contributed by atoms with Crippen molar-refractivity contribution in [3.8, 4) is 11.8 Å². The molecule has 14 heavy (non-hydrogen) atoms. The molecule has 2 aromatic heterocycles. The fourth-order valence-corrected chi connectivity index (χ4v) is 0.959. The van der Waals surface area contributed by atoms with Gasteiger partial charge in [-0.15, -0.1) is 5.10 Å². The summed E-state index contributed by atoms with van der Waals surface area (Å²) in [5.41, 5.74) is 6.44. The van der Waals surface area contributed by atoms with Crippen LogP contribution in [0.3, 0.4) is 0 Å². The number of aromatic nitrogens is 4. The van der Waals surface area contributed by atoms with E-state index in [4.69, 9.17) is 10.5 Å². The summed E-state index contributed by atoms with van der Waals surface area (Å²) in [5, 5.41) is 6.63. The maximum absolute atomic E-state index is 5.54. The summed E-state index contributed by atoms with van der Waals surface area (Å²) in [6.45, 7) is 1.87. The molecule has 0 aromatic carbocycles. The van der Waals surface area contributed by atoms with Gasteiger partial charge in [0.05, 0.1) is 0 Å². The Balaban J connectivity index is 2.23. The zero-order valence-corrected chi connectivity index (χ0v) is 7.56. The first-order chi connectivity index (χ1) is 6.75. The van der Waals surface area contributed by atoms with Crippen LogP contribution < -0.4 is 10.5 Å². The highest BCUT2D eigenvalue weighted by Gasteiger charge is 2.05. The Morgan fingerprint density at radius 3 is 2.79 bits per heavy atom. The molecule has 0 bridgehead atoms. The van der Waals surface area contributed by atoms with Crippen molar-refractivity contribution in [2.75, 3.05) is 5.73 Å².